The first-order valence-electron chi connectivity index (χ1n) is 6.59. The summed E-state index contributed by atoms with van der Waals surface area (Å²) in [6.45, 7) is 7.81. The molecule has 2 heterocycles. The number of aryl methyl sites for hydroxylation is 3. The molecule has 6 heteroatoms. The minimum absolute atomic E-state index is 0.753. The van der Waals surface area contributed by atoms with Gasteiger partial charge in [0.05, 0.1) is 22.1 Å². The zero-order valence-corrected chi connectivity index (χ0v) is 12.5. The van der Waals surface area contributed by atoms with Gasteiger partial charge in [0.25, 0.3) is 0 Å². The number of nitrogens with one attached hydrogen (secondary N) is 1. The Balaban J connectivity index is 1.98. The van der Waals surface area contributed by atoms with Gasteiger partial charge in [-0.15, -0.1) is 11.3 Å². The van der Waals surface area contributed by atoms with Gasteiger partial charge in [0, 0.05) is 24.9 Å². The van der Waals surface area contributed by atoms with Crippen LogP contribution in [-0.4, -0.2) is 21.3 Å². The summed E-state index contributed by atoms with van der Waals surface area (Å²) < 4.78 is 1.96. The van der Waals surface area contributed by atoms with E-state index in [0.29, 0.717) is 0 Å². The largest absolute Gasteiger partial charge is 0.394 e. The van der Waals surface area contributed by atoms with Crippen molar-refractivity contribution in [1.29, 1.82) is 0 Å². The molecule has 2 aromatic rings. The van der Waals surface area contributed by atoms with Gasteiger partial charge in [-0.1, -0.05) is 6.92 Å². The highest BCUT2D eigenvalue weighted by atomic mass is 32.1. The fourth-order valence-electron chi connectivity index (χ4n) is 1.99. The maximum Gasteiger partial charge on any atom is 0.148 e. The van der Waals surface area contributed by atoms with Crippen LogP contribution in [0.2, 0.25) is 0 Å². The zero-order valence-electron chi connectivity index (χ0n) is 11.7. The number of rotatable bonds is 6. The standard InChI is InChI=1S/C13H21N5S/c1-4-7-18-13(12(14)9(2)17-18)15-6-5-11-8-19-10(3)16-11/h8,15H,4-7,14H2,1-3H3. The van der Waals surface area contributed by atoms with E-state index in [0.717, 1.165) is 53.8 Å². The van der Waals surface area contributed by atoms with Crippen LogP contribution in [0.3, 0.4) is 0 Å². The zero-order chi connectivity index (χ0) is 13.8. The second-order valence-corrected chi connectivity index (χ2v) is 5.67. The summed E-state index contributed by atoms with van der Waals surface area (Å²) in [5.74, 6) is 0.936. The molecule has 2 rings (SSSR count). The SMILES string of the molecule is CCCn1nc(C)c(N)c1NCCc1csc(C)n1. The van der Waals surface area contributed by atoms with Crippen LogP contribution in [0.15, 0.2) is 5.38 Å². The van der Waals surface area contributed by atoms with Crippen molar-refractivity contribution >= 4 is 22.8 Å². The Kier molecular flexibility index (Phi) is 4.42. The van der Waals surface area contributed by atoms with E-state index in [9.17, 15) is 0 Å². The molecule has 0 aliphatic carbocycles. The van der Waals surface area contributed by atoms with E-state index in [1.807, 2.05) is 18.5 Å². The summed E-state index contributed by atoms with van der Waals surface area (Å²) in [7, 11) is 0. The van der Waals surface area contributed by atoms with Crippen molar-refractivity contribution in [3.63, 3.8) is 0 Å². The summed E-state index contributed by atoms with van der Waals surface area (Å²) in [6.07, 6.45) is 1.95. The fourth-order valence-corrected chi connectivity index (χ4v) is 2.63. The highest BCUT2D eigenvalue weighted by Crippen LogP contribution is 2.22. The third-order valence-electron chi connectivity index (χ3n) is 2.95. The van der Waals surface area contributed by atoms with E-state index in [1.165, 1.54) is 0 Å². The molecule has 5 nitrogen and oxygen atoms in total. The monoisotopic (exact) mass is 279 g/mol. The van der Waals surface area contributed by atoms with Gasteiger partial charge >= 0.3 is 0 Å². The number of nitrogen functional groups attached to an aromatic ring is 1. The van der Waals surface area contributed by atoms with Gasteiger partial charge in [-0.25, -0.2) is 9.67 Å². The number of aromatic nitrogens is 3. The molecule has 0 atom stereocenters. The van der Waals surface area contributed by atoms with Crippen molar-refractivity contribution in [3.8, 4) is 0 Å². The van der Waals surface area contributed by atoms with Gasteiger partial charge in [0.15, 0.2) is 0 Å². The Morgan fingerprint density at radius 3 is 2.84 bits per heavy atom. The van der Waals surface area contributed by atoms with E-state index >= 15 is 0 Å². The smallest absolute Gasteiger partial charge is 0.148 e. The molecule has 2 aromatic heterocycles. The molecule has 0 aliphatic rings. The average molecular weight is 279 g/mol. The van der Waals surface area contributed by atoms with Gasteiger partial charge in [0.1, 0.15) is 5.82 Å². The number of hydrogen-bond acceptors (Lipinski definition) is 5. The van der Waals surface area contributed by atoms with Crippen LogP contribution in [0.4, 0.5) is 11.5 Å². The van der Waals surface area contributed by atoms with E-state index in [4.69, 9.17) is 5.73 Å². The number of thiazole rings is 1. The second kappa shape index (κ2) is 6.06. The van der Waals surface area contributed by atoms with E-state index in [-0.39, 0.29) is 0 Å². The molecule has 0 saturated heterocycles. The molecule has 0 amide bonds. The van der Waals surface area contributed by atoms with Gasteiger partial charge in [-0.05, 0) is 20.3 Å². The lowest BCUT2D eigenvalue weighted by Gasteiger charge is -2.09. The molecule has 0 radical (unpaired) electrons. The third kappa shape index (κ3) is 3.26. The summed E-state index contributed by atoms with van der Waals surface area (Å²) in [6, 6.07) is 0. The molecular formula is C13H21N5S. The lowest BCUT2D eigenvalue weighted by Crippen LogP contribution is -2.12. The Morgan fingerprint density at radius 2 is 2.21 bits per heavy atom. The van der Waals surface area contributed by atoms with Crippen LogP contribution in [0.1, 0.15) is 29.7 Å². The van der Waals surface area contributed by atoms with Crippen LogP contribution in [0.25, 0.3) is 0 Å². The highest BCUT2D eigenvalue weighted by Gasteiger charge is 2.11. The molecule has 3 N–H and O–H groups in total. The minimum atomic E-state index is 0.753. The Morgan fingerprint density at radius 1 is 1.42 bits per heavy atom. The third-order valence-corrected chi connectivity index (χ3v) is 3.77. The summed E-state index contributed by atoms with van der Waals surface area (Å²) in [4.78, 5) is 4.45. The van der Waals surface area contributed by atoms with Gasteiger partial charge < -0.3 is 11.1 Å². The summed E-state index contributed by atoms with van der Waals surface area (Å²) in [5.41, 5.74) is 8.83. The van der Waals surface area contributed by atoms with E-state index in [2.05, 4.69) is 27.7 Å². The molecule has 19 heavy (non-hydrogen) atoms. The lowest BCUT2D eigenvalue weighted by atomic mass is 10.3. The van der Waals surface area contributed by atoms with Crippen molar-refractivity contribution in [2.45, 2.75) is 40.2 Å². The van der Waals surface area contributed by atoms with Crippen LogP contribution in [0.5, 0.6) is 0 Å². The fraction of sp³-hybridized carbons (Fsp3) is 0.538. The first-order chi connectivity index (χ1) is 9.11. The number of nitrogens with zero attached hydrogens (tertiary/aromatic N) is 3. The Hall–Kier alpha value is -1.56. The van der Waals surface area contributed by atoms with Crippen molar-refractivity contribution in [3.05, 3.63) is 21.8 Å². The van der Waals surface area contributed by atoms with E-state index in [1.54, 1.807) is 11.3 Å². The molecule has 0 saturated carbocycles. The quantitative estimate of drug-likeness (QED) is 0.853. The predicted molar refractivity (Wildman–Crippen MR) is 80.7 cm³/mol. The normalized spacial score (nSPS) is 10.9. The molecule has 0 aromatic carbocycles. The second-order valence-electron chi connectivity index (χ2n) is 4.61. The topological polar surface area (TPSA) is 68.8 Å². The van der Waals surface area contributed by atoms with Crippen LogP contribution in [-0.2, 0) is 13.0 Å². The molecule has 104 valence electrons. The average Bonchev–Trinajstić information content (AvgIpc) is 2.89. The molecule has 0 aliphatic heterocycles. The van der Waals surface area contributed by atoms with Crippen molar-refractivity contribution < 1.29 is 0 Å². The number of hydrogen-bond donors (Lipinski definition) is 2. The van der Waals surface area contributed by atoms with Crippen LogP contribution >= 0.6 is 11.3 Å². The van der Waals surface area contributed by atoms with Gasteiger partial charge in [-0.3, -0.25) is 0 Å². The van der Waals surface area contributed by atoms with Crippen LogP contribution in [0, 0.1) is 13.8 Å². The number of anilines is 2. The molecule has 0 fully saturated rings. The Bertz CT molecular complexity index is 543. The molecule has 0 bridgehead atoms. The summed E-state index contributed by atoms with van der Waals surface area (Å²) in [5, 5.41) is 11.0. The van der Waals surface area contributed by atoms with Crippen molar-refractivity contribution in [2.75, 3.05) is 17.6 Å². The molecule has 0 unspecified atom stereocenters. The maximum absolute atomic E-state index is 6.06. The lowest BCUT2D eigenvalue weighted by molar-refractivity contribution is 0.602. The number of nitrogens with two attached hydrogens (primary N) is 1. The first-order valence-corrected chi connectivity index (χ1v) is 7.47. The maximum atomic E-state index is 6.06. The predicted octanol–water partition coefficient (Wildman–Crippen LogP) is 2.60. The molecule has 0 spiro atoms. The van der Waals surface area contributed by atoms with Crippen LogP contribution < -0.4 is 11.1 Å². The van der Waals surface area contributed by atoms with E-state index < -0.39 is 0 Å². The molecular weight excluding hydrogens is 258 g/mol. The Labute approximate surface area is 117 Å². The highest BCUT2D eigenvalue weighted by molar-refractivity contribution is 7.09. The first kappa shape index (κ1) is 13.9. The van der Waals surface area contributed by atoms with Crippen molar-refractivity contribution in [2.24, 2.45) is 0 Å². The summed E-state index contributed by atoms with van der Waals surface area (Å²) >= 11 is 1.69. The van der Waals surface area contributed by atoms with Gasteiger partial charge in [0.2, 0.25) is 0 Å². The van der Waals surface area contributed by atoms with Crippen molar-refractivity contribution in [1.82, 2.24) is 14.8 Å². The van der Waals surface area contributed by atoms with Gasteiger partial charge in [-0.2, -0.15) is 5.10 Å². The minimum Gasteiger partial charge on any atom is -0.394 e.